The van der Waals surface area contributed by atoms with E-state index in [1.54, 1.807) is 18.2 Å². The van der Waals surface area contributed by atoms with E-state index in [4.69, 9.17) is 4.74 Å². The van der Waals surface area contributed by atoms with Gasteiger partial charge in [0.25, 0.3) is 5.69 Å². The molecule has 0 aromatic heterocycles. The van der Waals surface area contributed by atoms with Crippen molar-refractivity contribution in [2.45, 2.75) is 6.92 Å². The molecule has 5 nitrogen and oxygen atoms in total. The molecule has 0 aliphatic rings. The Kier molecular flexibility index (Phi) is 3.56. The zero-order valence-electron chi connectivity index (χ0n) is 10.2. The highest BCUT2D eigenvalue weighted by Crippen LogP contribution is 2.25. The number of non-ortho nitro benzene ring substituents is 1. The van der Waals surface area contributed by atoms with Crippen LogP contribution in [0.25, 0.3) is 0 Å². The van der Waals surface area contributed by atoms with Crippen molar-refractivity contribution >= 4 is 12.0 Å². The molecule has 0 saturated carbocycles. The Morgan fingerprint density at radius 2 is 1.74 bits per heavy atom. The normalized spacial score (nSPS) is 9.95. The number of aryl methyl sites for hydroxylation is 1. The SMILES string of the molecule is Cc1cc(Oc2ccc([N+](=O)[O-])cc2)ccc1C=O. The van der Waals surface area contributed by atoms with Crippen molar-refractivity contribution in [2.24, 2.45) is 0 Å². The molecule has 0 fully saturated rings. The van der Waals surface area contributed by atoms with Crippen molar-refractivity contribution in [1.29, 1.82) is 0 Å². The summed E-state index contributed by atoms with van der Waals surface area (Å²) in [7, 11) is 0. The van der Waals surface area contributed by atoms with Gasteiger partial charge in [-0.05, 0) is 42.8 Å². The molecule has 0 saturated heterocycles. The number of nitro benzene ring substituents is 1. The van der Waals surface area contributed by atoms with Crippen LogP contribution in [0, 0.1) is 17.0 Å². The molecule has 5 heteroatoms. The third-order valence-corrected chi connectivity index (χ3v) is 2.65. The Morgan fingerprint density at radius 3 is 2.26 bits per heavy atom. The van der Waals surface area contributed by atoms with Crippen LogP contribution in [-0.2, 0) is 0 Å². The van der Waals surface area contributed by atoms with E-state index in [0.717, 1.165) is 11.8 Å². The van der Waals surface area contributed by atoms with Gasteiger partial charge in [-0.15, -0.1) is 0 Å². The molecule has 2 rings (SSSR count). The first-order valence-corrected chi connectivity index (χ1v) is 5.58. The van der Waals surface area contributed by atoms with Crippen molar-refractivity contribution in [3.63, 3.8) is 0 Å². The maximum absolute atomic E-state index is 10.7. The molecule has 0 spiro atoms. The highest BCUT2D eigenvalue weighted by atomic mass is 16.6. The van der Waals surface area contributed by atoms with E-state index in [1.807, 2.05) is 6.92 Å². The zero-order chi connectivity index (χ0) is 13.8. The highest BCUT2D eigenvalue weighted by Gasteiger charge is 2.06. The summed E-state index contributed by atoms with van der Waals surface area (Å²) in [6.07, 6.45) is 0.783. The van der Waals surface area contributed by atoms with E-state index >= 15 is 0 Å². The Morgan fingerprint density at radius 1 is 1.11 bits per heavy atom. The van der Waals surface area contributed by atoms with E-state index in [9.17, 15) is 14.9 Å². The summed E-state index contributed by atoms with van der Waals surface area (Å²) in [5.41, 5.74) is 1.44. The largest absolute Gasteiger partial charge is 0.457 e. The molecular weight excluding hydrogens is 246 g/mol. The minimum atomic E-state index is -0.465. The number of nitro groups is 1. The second-order valence-electron chi connectivity index (χ2n) is 3.99. The maximum atomic E-state index is 10.7. The minimum Gasteiger partial charge on any atom is -0.457 e. The third-order valence-electron chi connectivity index (χ3n) is 2.65. The predicted octanol–water partition coefficient (Wildman–Crippen LogP) is 3.51. The molecule has 0 atom stereocenters. The average molecular weight is 257 g/mol. The molecule has 0 N–H and O–H groups in total. The predicted molar refractivity (Wildman–Crippen MR) is 69.7 cm³/mol. The van der Waals surface area contributed by atoms with Gasteiger partial charge in [0.15, 0.2) is 0 Å². The van der Waals surface area contributed by atoms with Crippen LogP contribution in [0.2, 0.25) is 0 Å². The second kappa shape index (κ2) is 5.30. The summed E-state index contributed by atoms with van der Waals surface area (Å²) in [5.74, 6) is 1.08. The van der Waals surface area contributed by atoms with Crippen molar-refractivity contribution in [1.82, 2.24) is 0 Å². The van der Waals surface area contributed by atoms with Gasteiger partial charge in [-0.25, -0.2) is 0 Å². The topological polar surface area (TPSA) is 69.4 Å². The number of ether oxygens (including phenoxy) is 1. The molecule has 0 heterocycles. The zero-order valence-corrected chi connectivity index (χ0v) is 10.2. The van der Waals surface area contributed by atoms with Crippen LogP contribution >= 0.6 is 0 Å². The van der Waals surface area contributed by atoms with Crippen LogP contribution in [-0.4, -0.2) is 11.2 Å². The van der Waals surface area contributed by atoms with Crippen LogP contribution < -0.4 is 4.74 Å². The van der Waals surface area contributed by atoms with Crippen LogP contribution in [0.5, 0.6) is 11.5 Å². The molecule has 96 valence electrons. The fraction of sp³-hybridized carbons (Fsp3) is 0.0714. The lowest BCUT2D eigenvalue weighted by atomic mass is 10.1. The van der Waals surface area contributed by atoms with E-state index in [1.165, 1.54) is 24.3 Å². The number of nitrogens with zero attached hydrogens (tertiary/aromatic N) is 1. The second-order valence-corrected chi connectivity index (χ2v) is 3.99. The van der Waals surface area contributed by atoms with Crippen molar-refractivity contribution in [3.8, 4) is 11.5 Å². The highest BCUT2D eigenvalue weighted by molar-refractivity contribution is 5.77. The van der Waals surface area contributed by atoms with Crippen LogP contribution in [0.15, 0.2) is 42.5 Å². The Hall–Kier alpha value is -2.69. The monoisotopic (exact) mass is 257 g/mol. The Balaban J connectivity index is 2.19. The van der Waals surface area contributed by atoms with Gasteiger partial charge in [0.05, 0.1) is 4.92 Å². The number of carbonyl (C=O) groups is 1. The number of rotatable bonds is 4. The van der Waals surface area contributed by atoms with Gasteiger partial charge in [-0.2, -0.15) is 0 Å². The fourth-order valence-corrected chi connectivity index (χ4v) is 1.62. The molecule has 0 bridgehead atoms. The van der Waals surface area contributed by atoms with Crippen molar-refractivity contribution in [3.05, 3.63) is 63.7 Å². The van der Waals surface area contributed by atoms with Gasteiger partial charge in [0.2, 0.25) is 0 Å². The lowest BCUT2D eigenvalue weighted by molar-refractivity contribution is -0.384. The van der Waals surface area contributed by atoms with Gasteiger partial charge >= 0.3 is 0 Å². The number of benzene rings is 2. The van der Waals surface area contributed by atoms with Crippen LogP contribution in [0.4, 0.5) is 5.69 Å². The summed E-state index contributed by atoms with van der Waals surface area (Å²) in [6.45, 7) is 1.81. The van der Waals surface area contributed by atoms with Crippen molar-refractivity contribution in [2.75, 3.05) is 0 Å². The summed E-state index contributed by atoms with van der Waals surface area (Å²) < 4.78 is 5.55. The third kappa shape index (κ3) is 2.95. The lowest BCUT2D eigenvalue weighted by Gasteiger charge is -2.07. The summed E-state index contributed by atoms with van der Waals surface area (Å²) >= 11 is 0. The maximum Gasteiger partial charge on any atom is 0.269 e. The number of hydrogen-bond acceptors (Lipinski definition) is 4. The molecule has 0 aliphatic heterocycles. The van der Waals surface area contributed by atoms with Crippen molar-refractivity contribution < 1.29 is 14.5 Å². The van der Waals surface area contributed by atoms with Crippen LogP contribution in [0.1, 0.15) is 15.9 Å². The van der Waals surface area contributed by atoms with Gasteiger partial charge in [-0.1, -0.05) is 0 Å². The van der Waals surface area contributed by atoms with E-state index in [2.05, 4.69) is 0 Å². The lowest BCUT2D eigenvalue weighted by Crippen LogP contribution is -1.90. The standard InChI is InChI=1S/C14H11NO4/c1-10-8-14(5-2-11(10)9-16)19-13-6-3-12(4-7-13)15(17)18/h2-9H,1H3. The minimum absolute atomic E-state index is 0.0137. The average Bonchev–Trinajstić information content (AvgIpc) is 2.39. The van der Waals surface area contributed by atoms with E-state index in [-0.39, 0.29) is 5.69 Å². The van der Waals surface area contributed by atoms with Gasteiger partial charge in [0.1, 0.15) is 17.8 Å². The molecule has 2 aromatic rings. The van der Waals surface area contributed by atoms with Gasteiger partial charge in [0, 0.05) is 17.7 Å². The van der Waals surface area contributed by atoms with Gasteiger partial charge in [-0.3, -0.25) is 14.9 Å². The molecule has 0 unspecified atom stereocenters. The number of carbonyl (C=O) groups excluding carboxylic acids is 1. The summed E-state index contributed by atoms with van der Waals surface area (Å²) in [6, 6.07) is 10.9. The Bertz CT molecular complexity index is 620. The smallest absolute Gasteiger partial charge is 0.269 e. The summed E-state index contributed by atoms with van der Waals surface area (Å²) in [5, 5.41) is 10.5. The first-order chi connectivity index (χ1) is 9.10. The van der Waals surface area contributed by atoms with Crippen LogP contribution in [0.3, 0.4) is 0 Å². The molecule has 0 radical (unpaired) electrons. The van der Waals surface area contributed by atoms with E-state index in [0.29, 0.717) is 17.1 Å². The molecule has 0 aliphatic carbocycles. The molecular formula is C14H11NO4. The molecule has 2 aromatic carbocycles. The first-order valence-electron chi connectivity index (χ1n) is 5.58. The molecule has 0 amide bonds. The quantitative estimate of drug-likeness (QED) is 0.477. The van der Waals surface area contributed by atoms with Gasteiger partial charge < -0.3 is 4.74 Å². The number of hydrogen-bond donors (Lipinski definition) is 0. The first kappa shape index (κ1) is 12.8. The molecule has 19 heavy (non-hydrogen) atoms. The summed E-state index contributed by atoms with van der Waals surface area (Å²) in [4.78, 5) is 20.7. The Labute approximate surface area is 109 Å². The van der Waals surface area contributed by atoms with E-state index < -0.39 is 4.92 Å². The fourth-order valence-electron chi connectivity index (χ4n) is 1.62. The number of aldehydes is 1.